The Morgan fingerprint density at radius 1 is 0.880 bits per heavy atom. The fraction of sp³-hybridized carbons (Fsp3) is 0.182. The molecule has 25 heavy (non-hydrogen) atoms. The van der Waals surface area contributed by atoms with Crippen molar-refractivity contribution in [2.24, 2.45) is 0 Å². The molecular formula is C22H18F2O. The van der Waals surface area contributed by atoms with Gasteiger partial charge in [-0.25, -0.2) is 8.78 Å². The second-order valence-electron chi connectivity index (χ2n) is 6.39. The summed E-state index contributed by atoms with van der Waals surface area (Å²) in [7, 11) is 0. The number of hydrogen-bond donors (Lipinski definition) is 0. The second kappa shape index (κ2) is 6.67. The Hall–Kier alpha value is -2.68. The average molecular weight is 336 g/mol. The van der Waals surface area contributed by atoms with Gasteiger partial charge in [0.1, 0.15) is 23.5 Å². The number of halogens is 2. The largest absolute Gasteiger partial charge is 0.489 e. The molecule has 0 saturated carbocycles. The van der Waals surface area contributed by atoms with E-state index in [4.69, 9.17) is 4.74 Å². The van der Waals surface area contributed by atoms with Crippen LogP contribution < -0.4 is 4.74 Å². The van der Waals surface area contributed by atoms with Gasteiger partial charge in [-0.1, -0.05) is 48.5 Å². The first-order chi connectivity index (χ1) is 12.2. The predicted octanol–water partition coefficient (Wildman–Crippen LogP) is 5.57. The van der Waals surface area contributed by atoms with Gasteiger partial charge in [-0.05, 0) is 36.1 Å². The van der Waals surface area contributed by atoms with Crippen molar-refractivity contribution in [1.82, 2.24) is 0 Å². The van der Waals surface area contributed by atoms with Crippen molar-refractivity contribution < 1.29 is 13.5 Å². The van der Waals surface area contributed by atoms with Crippen LogP contribution in [0.3, 0.4) is 0 Å². The highest BCUT2D eigenvalue weighted by molar-refractivity contribution is 5.73. The van der Waals surface area contributed by atoms with Crippen molar-refractivity contribution in [2.75, 3.05) is 0 Å². The Bertz CT molecular complexity index is 890. The van der Waals surface area contributed by atoms with E-state index in [1.54, 1.807) is 0 Å². The number of para-hydroxylation sites is 1. The van der Waals surface area contributed by atoms with E-state index >= 15 is 0 Å². The maximum atomic E-state index is 14.2. The molecular weight excluding hydrogens is 318 g/mol. The fourth-order valence-corrected chi connectivity index (χ4v) is 3.39. The van der Waals surface area contributed by atoms with Crippen LogP contribution in [0.1, 0.15) is 17.5 Å². The lowest BCUT2D eigenvalue weighted by Gasteiger charge is -2.13. The first kappa shape index (κ1) is 15.8. The maximum absolute atomic E-state index is 14.2. The molecule has 3 aromatic rings. The number of rotatable bonds is 4. The minimum absolute atomic E-state index is 0.0832. The molecule has 1 nitrogen and oxygen atoms in total. The second-order valence-corrected chi connectivity index (χ2v) is 6.39. The van der Waals surface area contributed by atoms with Gasteiger partial charge in [0.25, 0.3) is 0 Å². The summed E-state index contributed by atoms with van der Waals surface area (Å²) < 4.78 is 33.5. The molecule has 0 saturated heterocycles. The SMILES string of the molecule is Fc1ccc(-c2cccc3c2OC(CCc2ccccc2)C3)c(F)c1. The molecule has 0 amide bonds. The summed E-state index contributed by atoms with van der Waals surface area (Å²) in [4.78, 5) is 0. The molecule has 1 unspecified atom stereocenters. The maximum Gasteiger partial charge on any atom is 0.134 e. The van der Waals surface area contributed by atoms with Gasteiger partial charge in [-0.3, -0.25) is 0 Å². The Balaban J connectivity index is 1.55. The smallest absolute Gasteiger partial charge is 0.134 e. The molecule has 1 aliphatic heterocycles. The normalized spacial score (nSPS) is 15.7. The van der Waals surface area contributed by atoms with Gasteiger partial charge in [0, 0.05) is 23.6 Å². The van der Waals surface area contributed by atoms with Gasteiger partial charge >= 0.3 is 0 Å². The van der Waals surface area contributed by atoms with Gasteiger partial charge in [0.05, 0.1) is 0 Å². The first-order valence-electron chi connectivity index (χ1n) is 8.48. The van der Waals surface area contributed by atoms with E-state index in [0.717, 1.165) is 36.6 Å². The zero-order chi connectivity index (χ0) is 17.2. The Kier molecular flexibility index (Phi) is 4.22. The minimum atomic E-state index is -0.574. The standard InChI is InChI=1S/C22H18F2O/c23-17-10-12-19(21(24)14-17)20-8-4-7-16-13-18(25-22(16)20)11-9-15-5-2-1-3-6-15/h1-8,10,12,14,18H,9,11,13H2. The lowest BCUT2D eigenvalue weighted by molar-refractivity contribution is 0.222. The quantitative estimate of drug-likeness (QED) is 0.605. The van der Waals surface area contributed by atoms with Gasteiger partial charge in [-0.2, -0.15) is 0 Å². The van der Waals surface area contributed by atoms with Crippen molar-refractivity contribution >= 4 is 0 Å². The van der Waals surface area contributed by atoms with E-state index in [1.165, 1.54) is 17.7 Å². The summed E-state index contributed by atoms with van der Waals surface area (Å²) in [5.41, 5.74) is 3.44. The summed E-state index contributed by atoms with van der Waals surface area (Å²) in [5.74, 6) is -0.411. The molecule has 1 aliphatic rings. The lowest BCUT2D eigenvalue weighted by atomic mass is 9.99. The van der Waals surface area contributed by atoms with Crippen molar-refractivity contribution in [3.05, 3.63) is 89.5 Å². The Morgan fingerprint density at radius 2 is 1.72 bits per heavy atom. The fourth-order valence-electron chi connectivity index (χ4n) is 3.39. The van der Waals surface area contributed by atoms with E-state index in [0.29, 0.717) is 11.1 Å². The number of fused-ring (bicyclic) bond motifs is 1. The zero-order valence-corrected chi connectivity index (χ0v) is 13.7. The predicted molar refractivity (Wildman–Crippen MR) is 94.7 cm³/mol. The van der Waals surface area contributed by atoms with Gasteiger partial charge in [0.15, 0.2) is 0 Å². The Morgan fingerprint density at radius 3 is 2.52 bits per heavy atom. The van der Waals surface area contributed by atoms with Gasteiger partial charge in [0.2, 0.25) is 0 Å². The third-order valence-corrected chi connectivity index (χ3v) is 4.65. The van der Waals surface area contributed by atoms with Crippen LogP contribution in [0.4, 0.5) is 8.78 Å². The monoisotopic (exact) mass is 336 g/mol. The Labute approximate surface area is 145 Å². The summed E-state index contributed by atoms with van der Waals surface area (Å²) in [6.45, 7) is 0. The average Bonchev–Trinajstić information content (AvgIpc) is 3.04. The van der Waals surface area contributed by atoms with Crippen LogP contribution >= 0.6 is 0 Å². The molecule has 0 aromatic heterocycles. The first-order valence-corrected chi connectivity index (χ1v) is 8.48. The highest BCUT2D eigenvalue weighted by Crippen LogP contribution is 2.40. The van der Waals surface area contributed by atoms with E-state index in [-0.39, 0.29) is 6.10 Å². The summed E-state index contributed by atoms with van der Waals surface area (Å²) in [6.07, 6.45) is 2.75. The molecule has 1 heterocycles. The molecule has 0 aliphatic carbocycles. The summed E-state index contributed by atoms with van der Waals surface area (Å²) in [6, 6.07) is 19.7. The van der Waals surface area contributed by atoms with Crippen LogP contribution in [0.2, 0.25) is 0 Å². The van der Waals surface area contributed by atoms with Crippen molar-refractivity contribution in [1.29, 1.82) is 0 Å². The molecule has 0 N–H and O–H groups in total. The highest BCUT2D eigenvalue weighted by atomic mass is 19.1. The number of benzene rings is 3. The number of ether oxygens (including phenoxy) is 1. The molecule has 126 valence electrons. The molecule has 0 fully saturated rings. The van der Waals surface area contributed by atoms with Gasteiger partial charge in [-0.15, -0.1) is 0 Å². The number of aryl methyl sites for hydroxylation is 1. The van der Waals surface area contributed by atoms with Gasteiger partial charge < -0.3 is 4.74 Å². The zero-order valence-electron chi connectivity index (χ0n) is 13.7. The third-order valence-electron chi connectivity index (χ3n) is 4.65. The van der Waals surface area contributed by atoms with Crippen molar-refractivity contribution in [3.63, 3.8) is 0 Å². The topological polar surface area (TPSA) is 9.23 Å². The van der Waals surface area contributed by atoms with Crippen molar-refractivity contribution in [3.8, 4) is 16.9 Å². The molecule has 1 atom stereocenters. The highest BCUT2D eigenvalue weighted by Gasteiger charge is 2.26. The summed E-state index contributed by atoms with van der Waals surface area (Å²) in [5, 5.41) is 0. The molecule has 3 aromatic carbocycles. The summed E-state index contributed by atoms with van der Waals surface area (Å²) >= 11 is 0. The van der Waals surface area contributed by atoms with Crippen LogP contribution in [0.25, 0.3) is 11.1 Å². The van der Waals surface area contributed by atoms with Crippen molar-refractivity contribution in [2.45, 2.75) is 25.4 Å². The van der Waals surface area contributed by atoms with Crippen LogP contribution in [0, 0.1) is 11.6 Å². The lowest BCUT2D eigenvalue weighted by Crippen LogP contribution is -2.13. The minimum Gasteiger partial charge on any atom is -0.489 e. The van der Waals surface area contributed by atoms with E-state index in [1.807, 2.05) is 36.4 Å². The molecule has 0 spiro atoms. The van der Waals surface area contributed by atoms with Crippen LogP contribution in [-0.2, 0) is 12.8 Å². The number of hydrogen-bond acceptors (Lipinski definition) is 1. The molecule has 3 heteroatoms. The van der Waals surface area contributed by atoms with Crippen LogP contribution in [0.5, 0.6) is 5.75 Å². The molecule has 4 rings (SSSR count). The molecule has 0 radical (unpaired) electrons. The van der Waals surface area contributed by atoms with E-state index in [9.17, 15) is 8.78 Å². The van der Waals surface area contributed by atoms with E-state index in [2.05, 4.69) is 12.1 Å². The van der Waals surface area contributed by atoms with E-state index < -0.39 is 11.6 Å². The third kappa shape index (κ3) is 3.27. The van der Waals surface area contributed by atoms with Crippen LogP contribution in [-0.4, -0.2) is 6.10 Å². The van der Waals surface area contributed by atoms with Crippen LogP contribution in [0.15, 0.2) is 66.7 Å². The molecule has 0 bridgehead atoms.